The Labute approximate surface area is 114 Å². The van der Waals surface area contributed by atoms with Gasteiger partial charge in [-0.05, 0) is 24.3 Å². The average Bonchev–Trinajstić information content (AvgIpc) is 2.78. The fourth-order valence-electron chi connectivity index (χ4n) is 1.89. The molecule has 0 fully saturated rings. The van der Waals surface area contributed by atoms with Gasteiger partial charge < -0.3 is 0 Å². The van der Waals surface area contributed by atoms with Crippen LogP contribution in [0.2, 0.25) is 5.02 Å². The fourth-order valence-corrected chi connectivity index (χ4v) is 2.26. The van der Waals surface area contributed by atoms with E-state index in [1.54, 1.807) is 10.7 Å². The number of hydrogen-bond donors (Lipinski definition) is 0. The van der Waals surface area contributed by atoms with Crippen LogP contribution in [0.5, 0.6) is 0 Å². The maximum absolute atomic E-state index is 6.01. The lowest BCUT2D eigenvalue weighted by molar-refractivity contribution is 0.892. The van der Waals surface area contributed by atoms with E-state index in [1.807, 2.05) is 36.4 Å². The third-order valence-corrected chi connectivity index (χ3v) is 3.24. The maximum Gasteiger partial charge on any atom is 0.154 e. The van der Waals surface area contributed by atoms with Gasteiger partial charge in [-0.3, -0.25) is 0 Å². The summed E-state index contributed by atoms with van der Waals surface area (Å²) in [6.45, 7) is 0. The molecule has 0 radical (unpaired) electrons. The van der Waals surface area contributed by atoms with Crippen molar-refractivity contribution in [3.05, 3.63) is 53.3 Å². The summed E-state index contributed by atoms with van der Waals surface area (Å²) in [6.07, 6.45) is 1.72. The van der Waals surface area contributed by atoms with Gasteiger partial charge in [0.2, 0.25) is 0 Å². The summed E-state index contributed by atoms with van der Waals surface area (Å²) >= 11 is 11.9. The van der Waals surface area contributed by atoms with Crippen LogP contribution in [0.3, 0.4) is 0 Å². The Morgan fingerprint density at radius 3 is 2.61 bits per heavy atom. The largest absolute Gasteiger partial charge is 0.227 e. The molecule has 0 saturated carbocycles. The lowest BCUT2D eigenvalue weighted by Gasteiger charge is -2.00. The standard InChI is InChI=1S/C13H9Cl2N3/c14-8-11-13(9-3-5-10(15)6-4-9)17-12-2-1-7-16-18(11)12/h1-7H,8H2. The van der Waals surface area contributed by atoms with Crippen molar-refractivity contribution in [2.75, 3.05) is 0 Å². The number of hydrogen-bond acceptors (Lipinski definition) is 2. The molecule has 3 rings (SSSR count). The second-order valence-corrected chi connectivity index (χ2v) is 4.54. The summed E-state index contributed by atoms with van der Waals surface area (Å²) in [6, 6.07) is 11.3. The molecule has 0 unspecified atom stereocenters. The minimum absolute atomic E-state index is 0.357. The highest BCUT2D eigenvalue weighted by molar-refractivity contribution is 6.30. The Bertz CT molecular complexity index is 689. The number of benzene rings is 1. The lowest BCUT2D eigenvalue weighted by Crippen LogP contribution is -1.94. The molecule has 0 aliphatic carbocycles. The van der Waals surface area contributed by atoms with Gasteiger partial charge in [0.25, 0.3) is 0 Å². The normalized spacial score (nSPS) is 11.0. The van der Waals surface area contributed by atoms with Crippen molar-refractivity contribution in [3.63, 3.8) is 0 Å². The third-order valence-electron chi connectivity index (χ3n) is 2.73. The summed E-state index contributed by atoms with van der Waals surface area (Å²) in [5, 5.41) is 4.96. The monoisotopic (exact) mass is 277 g/mol. The van der Waals surface area contributed by atoms with Crippen molar-refractivity contribution >= 4 is 28.8 Å². The van der Waals surface area contributed by atoms with E-state index in [0.29, 0.717) is 10.9 Å². The summed E-state index contributed by atoms with van der Waals surface area (Å²) in [4.78, 5) is 4.56. The molecule has 0 saturated heterocycles. The Hall–Kier alpha value is -1.58. The number of fused-ring (bicyclic) bond motifs is 1. The molecule has 0 atom stereocenters. The molecular formula is C13H9Cl2N3. The van der Waals surface area contributed by atoms with Crippen LogP contribution in [0.25, 0.3) is 16.9 Å². The molecule has 0 bridgehead atoms. The molecule has 0 N–H and O–H groups in total. The number of nitrogens with zero attached hydrogens (tertiary/aromatic N) is 3. The van der Waals surface area contributed by atoms with Crippen molar-refractivity contribution in [1.82, 2.24) is 14.6 Å². The van der Waals surface area contributed by atoms with Crippen molar-refractivity contribution in [2.24, 2.45) is 0 Å². The predicted octanol–water partition coefficient (Wildman–Crippen LogP) is 3.79. The van der Waals surface area contributed by atoms with Crippen molar-refractivity contribution < 1.29 is 0 Å². The number of imidazole rings is 1. The van der Waals surface area contributed by atoms with Crippen LogP contribution in [0.15, 0.2) is 42.6 Å². The van der Waals surface area contributed by atoms with Gasteiger partial charge in [0.05, 0.1) is 17.3 Å². The smallest absolute Gasteiger partial charge is 0.154 e. The Morgan fingerprint density at radius 2 is 1.89 bits per heavy atom. The van der Waals surface area contributed by atoms with Crippen LogP contribution in [0.4, 0.5) is 0 Å². The molecule has 1 aromatic carbocycles. The number of rotatable bonds is 2. The molecule has 5 heteroatoms. The molecule has 3 aromatic rings. The second-order valence-electron chi connectivity index (χ2n) is 3.84. The quantitative estimate of drug-likeness (QED) is 0.667. The molecule has 90 valence electrons. The average molecular weight is 278 g/mol. The maximum atomic E-state index is 6.01. The molecule has 0 aliphatic heterocycles. The SMILES string of the molecule is ClCc1c(-c2ccc(Cl)cc2)nc2cccnn12. The fraction of sp³-hybridized carbons (Fsp3) is 0.0769. The minimum Gasteiger partial charge on any atom is -0.227 e. The molecule has 0 amide bonds. The highest BCUT2D eigenvalue weighted by atomic mass is 35.5. The summed E-state index contributed by atoms with van der Waals surface area (Å²) in [5.74, 6) is 0.357. The Kier molecular flexibility index (Phi) is 2.94. The summed E-state index contributed by atoms with van der Waals surface area (Å²) in [5.41, 5.74) is 3.51. The summed E-state index contributed by atoms with van der Waals surface area (Å²) in [7, 11) is 0. The zero-order valence-electron chi connectivity index (χ0n) is 9.35. The highest BCUT2D eigenvalue weighted by Gasteiger charge is 2.13. The first-order valence-corrected chi connectivity index (χ1v) is 6.35. The van der Waals surface area contributed by atoms with E-state index in [0.717, 1.165) is 22.6 Å². The molecule has 0 aliphatic rings. The van der Waals surface area contributed by atoms with Gasteiger partial charge in [0, 0.05) is 16.8 Å². The molecule has 0 spiro atoms. The lowest BCUT2D eigenvalue weighted by atomic mass is 10.1. The van der Waals surface area contributed by atoms with Crippen molar-refractivity contribution in [2.45, 2.75) is 5.88 Å². The molecule has 2 aromatic heterocycles. The van der Waals surface area contributed by atoms with Gasteiger partial charge in [-0.15, -0.1) is 11.6 Å². The van der Waals surface area contributed by atoms with E-state index >= 15 is 0 Å². The highest BCUT2D eigenvalue weighted by Crippen LogP contribution is 2.26. The Morgan fingerprint density at radius 1 is 1.11 bits per heavy atom. The first-order valence-electron chi connectivity index (χ1n) is 5.44. The van der Waals surface area contributed by atoms with Gasteiger partial charge in [0.1, 0.15) is 0 Å². The molecular weight excluding hydrogens is 269 g/mol. The van der Waals surface area contributed by atoms with E-state index < -0.39 is 0 Å². The van der Waals surface area contributed by atoms with Gasteiger partial charge in [-0.1, -0.05) is 23.7 Å². The topological polar surface area (TPSA) is 30.2 Å². The van der Waals surface area contributed by atoms with E-state index in [9.17, 15) is 0 Å². The predicted molar refractivity (Wildman–Crippen MR) is 73.0 cm³/mol. The van der Waals surface area contributed by atoms with Crippen LogP contribution >= 0.6 is 23.2 Å². The second kappa shape index (κ2) is 4.59. The number of aromatic nitrogens is 3. The van der Waals surface area contributed by atoms with Crippen LogP contribution in [-0.4, -0.2) is 14.6 Å². The van der Waals surface area contributed by atoms with E-state index in [4.69, 9.17) is 23.2 Å². The Balaban J connectivity index is 2.25. The zero-order chi connectivity index (χ0) is 12.5. The van der Waals surface area contributed by atoms with Gasteiger partial charge in [0.15, 0.2) is 5.65 Å². The number of alkyl halides is 1. The van der Waals surface area contributed by atoms with Crippen molar-refractivity contribution in [1.29, 1.82) is 0 Å². The zero-order valence-corrected chi connectivity index (χ0v) is 10.9. The number of halogens is 2. The first kappa shape index (κ1) is 11.5. The van der Waals surface area contributed by atoms with Crippen LogP contribution < -0.4 is 0 Å². The molecule has 18 heavy (non-hydrogen) atoms. The third kappa shape index (κ3) is 1.85. The first-order chi connectivity index (χ1) is 8.79. The van der Waals surface area contributed by atoms with Crippen molar-refractivity contribution in [3.8, 4) is 11.3 Å². The van der Waals surface area contributed by atoms with E-state index in [1.165, 1.54) is 0 Å². The van der Waals surface area contributed by atoms with Crippen LogP contribution in [0.1, 0.15) is 5.69 Å². The van der Waals surface area contributed by atoms with E-state index in [2.05, 4.69) is 10.1 Å². The van der Waals surface area contributed by atoms with Crippen LogP contribution in [0, 0.1) is 0 Å². The van der Waals surface area contributed by atoms with Crippen LogP contribution in [-0.2, 0) is 5.88 Å². The minimum atomic E-state index is 0.357. The summed E-state index contributed by atoms with van der Waals surface area (Å²) < 4.78 is 1.76. The van der Waals surface area contributed by atoms with E-state index in [-0.39, 0.29) is 0 Å². The van der Waals surface area contributed by atoms with Gasteiger partial charge >= 0.3 is 0 Å². The molecule has 2 heterocycles. The molecule has 3 nitrogen and oxygen atoms in total. The van der Waals surface area contributed by atoms with Gasteiger partial charge in [-0.25, -0.2) is 9.50 Å². The van der Waals surface area contributed by atoms with Gasteiger partial charge in [-0.2, -0.15) is 5.10 Å².